The smallest absolute Gasteiger partial charge is 0.0277 e. The van der Waals surface area contributed by atoms with Crippen LogP contribution in [-0.4, -0.2) is 5.88 Å². The van der Waals surface area contributed by atoms with Gasteiger partial charge in [0.15, 0.2) is 0 Å². The van der Waals surface area contributed by atoms with Gasteiger partial charge in [-0.05, 0) is 24.2 Å². The van der Waals surface area contributed by atoms with Crippen LogP contribution in [0.2, 0.25) is 0 Å². The molecule has 0 fully saturated rings. The van der Waals surface area contributed by atoms with Crippen molar-refractivity contribution in [1.82, 2.24) is 0 Å². The van der Waals surface area contributed by atoms with Crippen molar-refractivity contribution in [1.29, 1.82) is 0 Å². The van der Waals surface area contributed by atoms with Crippen molar-refractivity contribution in [2.45, 2.75) is 53.4 Å². The van der Waals surface area contributed by atoms with Gasteiger partial charge < -0.3 is 0 Å². The molecule has 1 atom stereocenters. The molecule has 12 heavy (non-hydrogen) atoms. The zero-order chi connectivity index (χ0) is 9.61. The topological polar surface area (TPSA) is 0 Å². The maximum Gasteiger partial charge on any atom is 0.0277 e. The predicted molar refractivity (Wildman–Crippen MR) is 57.8 cm³/mol. The molecule has 0 rings (SSSR count). The van der Waals surface area contributed by atoms with E-state index in [9.17, 15) is 0 Å². The number of rotatable bonds is 6. The van der Waals surface area contributed by atoms with Crippen LogP contribution >= 0.6 is 11.6 Å². The van der Waals surface area contributed by atoms with Crippen LogP contribution in [0.25, 0.3) is 0 Å². The SMILES string of the molecule is CCC(CC)CC(C)(CC)CCl. The Bertz CT molecular complexity index is 102. The molecule has 0 bridgehead atoms. The van der Waals surface area contributed by atoms with E-state index in [1.54, 1.807) is 0 Å². The first-order valence-corrected chi connectivity index (χ1v) is 5.71. The standard InChI is InChI=1S/C11H23Cl/c1-5-10(6-2)8-11(4,7-3)9-12/h10H,5-9H2,1-4H3. The van der Waals surface area contributed by atoms with Gasteiger partial charge in [-0.1, -0.05) is 40.5 Å². The summed E-state index contributed by atoms with van der Waals surface area (Å²) < 4.78 is 0. The van der Waals surface area contributed by atoms with E-state index < -0.39 is 0 Å². The van der Waals surface area contributed by atoms with E-state index in [0.717, 1.165) is 11.8 Å². The minimum absolute atomic E-state index is 0.373. The summed E-state index contributed by atoms with van der Waals surface area (Å²) in [5.74, 6) is 1.67. The quantitative estimate of drug-likeness (QED) is 0.543. The summed E-state index contributed by atoms with van der Waals surface area (Å²) in [6.45, 7) is 9.10. The average molecular weight is 191 g/mol. The molecule has 0 aliphatic rings. The maximum absolute atomic E-state index is 5.97. The number of alkyl halides is 1. The Hall–Kier alpha value is 0.290. The van der Waals surface area contributed by atoms with Crippen LogP contribution in [0.1, 0.15) is 53.4 Å². The van der Waals surface area contributed by atoms with Crippen molar-refractivity contribution in [2.24, 2.45) is 11.3 Å². The van der Waals surface area contributed by atoms with Crippen LogP contribution in [0.4, 0.5) is 0 Å². The van der Waals surface area contributed by atoms with Crippen molar-refractivity contribution < 1.29 is 0 Å². The molecule has 0 spiro atoms. The first-order valence-electron chi connectivity index (χ1n) is 5.17. The third-order valence-corrected chi connectivity index (χ3v) is 3.76. The fourth-order valence-electron chi connectivity index (χ4n) is 1.57. The van der Waals surface area contributed by atoms with E-state index in [-0.39, 0.29) is 0 Å². The number of hydrogen-bond donors (Lipinski definition) is 0. The molecule has 0 aliphatic heterocycles. The van der Waals surface area contributed by atoms with Gasteiger partial charge in [0.05, 0.1) is 0 Å². The van der Waals surface area contributed by atoms with Gasteiger partial charge in [0.2, 0.25) is 0 Å². The summed E-state index contributed by atoms with van der Waals surface area (Å²) in [6.07, 6.45) is 5.08. The molecule has 1 unspecified atom stereocenters. The third-order valence-electron chi connectivity index (χ3n) is 3.11. The molecule has 0 amide bonds. The molecule has 0 aliphatic carbocycles. The largest absolute Gasteiger partial charge is 0.126 e. The third kappa shape index (κ3) is 3.80. The van der Waals surface area contributed by atoms with E-state index in [2.05, 4.69) is 27.7 Å². The lowest BCUT2D eigenvalue weighted by Crippen LogP contribution is -2.21. The summed E-state index contributed by atoms with van der Waals surface area (Å²) in [7, 11) is 0. The van der Waals surface area contributed by atoms with Gasteiger partial charge in [0, 0.05) is 5.88 Å². The zero-order valence-electron chi connectivity index (χ0n) is 8.99. The Morgan fingerprint density at radius 1 is 1.17 bits per heavy atom. The Balaban J connectivity index is 3.99. The molecule has 0 aromatic heterocycles. The summed E-state index contributed by atoms with van der Waals surface area (Å²) in [4.78, 5) is 0. The van der Waals surface area contributed by atoms with Gasteiger partial charge in [0.1, 0.15) is 0 Å². The summed E-state index contributed by atoms with van der Waals surface area (Å²) >= 11 is 5.97. The van der Waals surface area contributed by atoms with Crippen LogP contribution in [0.5, 0.6) is 0 Å². The van der Waals surface area contributed by atoms with Gasteiger partial charge >= 0.3 is 0 Å². The van der Waals surface area contributed by atoms with Crippen molar-refractivity contribution >= 4 is 11.6 Å². The van der Waals surface area contributed by atoms with E-state index in [4.69, 9.17) is 11.6 Å². The molecular formula is C11H23Cl. The minimum Gasteiger partial charge on any atom is -0.126 e. The minimum atomic E-state index is 0.373. The second-order valence-electron chi connectivity index (χ2n) is 4.18. The molecule has 0 saturated carbocycles. The van der Waals surface area contributed by atoms with Crippen LogP contribution in [0.15, 0.2) is 0 Å². The lowest BCUT2D eigenvalue weighted by molar-refractivity contribution is 0.252. The van der Waals surface area contributed by atoms with E-state index in [1.807, 2.05) is 0 Å². The summed E-state index contributed by atoms with van der Waals surface area (Å²) in [5.41, 5.74) is 0.373. The van der Waals surface area contributed by atoms with Crippen molar-refractivity contribution in [3.8, 4) is 0 Å². The van der Waals surface area contributed by atoms with E-state index in [1.165, 1.54) is 25.7 Å². The van der Waals surface area contributed by atoms with Gasteiger partial charge in [-0.25, -0.2) is 0 Å². The van der Waals surface area contributed by atoms with Gasteiger partial charge in [-0.3, -0.25) is 0 Å². The molecule has 74 valence electrons. The Morgan fingerprint density at radius 3 is 1.92 bits per heavy atom. The second-order valence-corrected chi connectivity index (χ2v) is 4.45. The molecule has 0 heterocycles. The van der Waals surface area contributed by atoms with E-state index >= 15 is 0 Å². The zero-order valence-corrected chi connectivity index (χ0v) is 9.75. The van der Waals surface area contributed by atoms with Crippen LogP contribution in [0, 0.1) is 11.3 Å². The van der Waals surface area contributed by atoms with Crippen LogP contribution in [0.3, 0.4) is 0 Å². The lowest BCUT2D eigenvalue weighted by Gasteiger charge is -2.29. The fraction of sp³-hybridized carbons (Fsp3) is 1.00. The molecule has 0 aromatic rings. The van der Waals surface area contributed by atoms with Gasteiger partial charge in [0.25, 0.3) is 0 Å². The Kier molecular flexibility index (Phi) is 6.00. The number of hydrogen-bond acceptors (Lipinski definition) is 0. The summed E-state index contributed by atoms with van der Waals surface area (Å²) in [6, 6.07) is 0. The molecular weight excluding hydrogens is 168 g/mol. The molecule has 0 saturated heterocycles. The highest BCUT2D eigenvalue weighted by Crippen LogP contribution is 2.33. The fourth-order valence-corrected chi connectivity index (χ4v) is 1.87. The van der Waals surface area contributed by atoms with Crippen LogP contribution in [-0.2, 0) is 0 Å². The molecule has 0 nitrogen and oxygen atoms in total. The van der Waals surface area contributed by atoms with E-state index in [0.29, 0.717) is 5.41 Å². The first kappa shape index (κ1) is 12.3. The Morgan fingerprint density at radius 2 is 1.67 bits per heavy atom. The lowest BCUT2D eigenvalue weighted by atomic mass is 9.79. The highest BCUT2D eigenvalue weighted by Gasteiger charge is 2.23. The normalized spacial score (nSPS) is 16.5. The predicted octanol–water partition coefficient (Wildman–Crippen LogP) is 4.47. The Labute approximate surface area is 82.7 Å². The van der Waals surface area contributed by atoms with Crippen LogP contribution < -0.4 is 0 Å². The highest BCUT2D eigenvalue weighted by molar-refractivity contribution is 6.18. The monoisotopic (exact) mass is 190 g/mol. The van der Waals surface area contributed by atoms with Crippen molar-refractivity contribution in [3.05, 3.63) is 0 Å². The van der Waals surface area contributed by atoms with Crippen molar-refractivity contribution in [2.75, 3.05) is 5.88 Å². The maximum atomic E-state index is 5.97. The first-order chi connectivity index (χ1) is 5.61. The average Bonchev–Trinajstić information content (AvgIpc) is 2.14. The van der Waals surface area contributed by atoms with Crippen molar-refractivity contribution in [3.63, 3.8) is 0 Å². The van der Waals surface area contributed by atoms with Gasteiger partial charge in [-0.15, -0.1) is 11.6 Å². The van der Waals surface area contributed by atoms with Gasteiger partial charge in [-0.2, -0.15) is 0 Å². The number of halogens is 1. The molecule has 0 N–H and O–H groups in total. The summed E-state index contributed by atoms with van der Waals surface area (Å²) in [5, 5.41) is 0. The molecule has 0 aromatic carbocycles. The second kappa shape index (κ2) is 5.85. The highest BCUT2D eigenvalue weighted by atomic mass is 35.5. The molecule has 0 radical (unpaired) electrons. The molecule has 1 heteroatoms.